The van der Waals surface area contributed by atoms with Crippen LogP contribution in [0.25, 0.3) is 0 Å². The van der Waals surface area contributed by atoms with Crippen molar-refractivity contribution in [3.63, 3.8) is 0 Å². The van der Waals surface area contributed by atoms with Gasteiger partial charge >= 0.3 is 5.97 Å². The lowest BCUT2D eigenvalue weighted by Crippen LogP contribution is -2.14. The number of ether oxygens (including phenoxy) is 5. The highest BCUT2D eigenvalue weighted by molar-refractivity contribution is 5.69. The molecule has 0 unspecified atom stereocenters. The lowest BCUT2D eigenvalue weighted by atomic mass is 10.2. The number of benzene rings is 1. The standard InChI is InChI=1S/C19H30O6/c1-2-6-19(20)25-16-15-23-12-11-21-9-10-22-13-14-24-17-18-7-4-3-5-8-18/h3-5,7-8H,2,6,9-17H2,1H3. The van der Waals surface area contributed by atoms with Gasteiger partial charge in [-0.15, -0.1) is 0 Å². The van der Waals surface area contributed by atoms with E-state index < -0.39 is 0 Å². The Balaban J connectivity index is 1.74. The van der Waals surface area contributed by atoms with Crippen LogP contribution in [0.15, 0.2) is 30.3 Å². The van der Waals surface area contributed by atoms with Gasteiger partial charge in [0.2, 0.25) is 0 Å². The number of carbonyl (C=O) groups is 1. The molecule has 0 saturated heterocycles. The van der Waals surface area contributed by atoms with Crippen molar-refractivity contribution < 1.29 is 28.5 Å². The second-order valence-electron chi connectivity index (χ2n) is 5.35. The van der Waals surface area contributed by atoms with Gasteiger partial charge in [0, 0.05) is 6.42 Å². The molecule has 0 bridgehead atoms. The topological polar surface area (TPSA) is 63.2 Å². The van der Waals surface area contributed by atoms with Crippen molar-refractivity contribution in [3.05, 3.63) is 35.9 Å². The molecule has 1 aromatic rings. The molecule has 0 saturated carbocycles. The molecule has 6 nitrogen and oxygen atoms in total. The Morgan fingerprint density at radius 1 is 0.760 bits per heavy atom. The maximum atomic E-state index is 11.1. The third-order valence-electron chi connectivity index (χ3n) is 3.17. The van der Waals surface area contributed by atoms with Crippen LogP contribution < -0.4 is 0 Å². The lowest BCUT2D eigenvalue weighted by molar-refractivity contribution is -0.145. The van der Waals surface area contributed by atoms with Gasteiger partial charge in [-0.2, -0.15) is 0 Å². The van der Waals surface area contributed by atoms with Gasteiger partial charge in [-0.05, 0) is 12.0 Å². The first-order chi connectivity index (χ1) is 12.3. The van der Waals surface area contributed by atoms with Gasteiger partial charge in [-0.1, -0.05) is 37.3 Å². The van der Waals surface area contributed by atoms with Crippen LogP contribution in [0.4, 0.5) is 0 Å². The Morgan fingerprint density at radius 2 is 1.28 bits per heavy atom. The number of carbonyl (C=O) groups excluding carboxylic acids is 1. The molecule has 0 amide bonds. The van der Waals surface area contributed by atoms with Crippen LogP contribution in [0.3, 0.4) is 0 Å². The monoisotopic (exact) mass is 354 g/mol. The Bertz CT molecular complexity index is 423. The molecule has 25 heavy (non-hydrogen) atoms. The summed E-state index contributed by atoms with van der Waals surface area (Å²) in [4.78, 5) is 11.1. The van der Waals surface area contributed by atoms with Gasteiger partial charge in [0.1, 0.15) is 6.61 Å². The summed E-state index contributed by atoms with van der Waals surface area (Å²) in [6.07, 6.45) is 1.26. The molecule has 0 N–H and O–H groups in total. The van der Waals surface area contributed by atoms with E-state index in [0.717, 1.165) is 12.0 Å². The maximum absolute atomic E-state index is 11.1. The third-order valence-corrected chi connectivity index (χ3v) is 3.17. The van der Waals surface area contributed by atoms with Crippen molar-refractivity contribution >= 4 is 5.97 Å². The molecule has 6 heteroatoms. The number of rotatable bonds is 16. The summed E-state index contributed by atoms with van der Waals surface area (Å²) < 4.78 is 26.6. The van der Waals surface area contributed by atoms with E-state index in [1.54, 1.807) is 0 Å². The molecule has 0 aliphatic rings. The predicted octanol–water partition coefficient (Wildman–Crippen LogP) is 2.60. The fourth-order valence-corrected chi connectivity index (χ4v) is 1.91. The highest BCUT2D eigenvalue weighted by Gasteiger charge is 1.99. The van der Waals surface area contributed by atoms with E-state index in [2.05, 4.69) is 0 Å². The van der Waals surface area contributed by atoms with Gasteiger partial charge < -0.3 is 23.7 Å². The Hall–Kier alpha value is -1.47. The minimum absolute atomic E-state index is 0.174. The smallest absolute Gasteiger partial charge is 0.305 e. The van der Waals surface area contributed by atoms with Gasteiger partial charge in [0.25, 0.3) is 0 Å². The first-order valence-electron chi connectivity index (χ1n) is 8.83. The molecule has 0 spiro atoms. The third kappa shape index (κ3) is 13.5. The van der Waals surface area contributed by atoms with E-state index in [1.807, 2.05) is 37.3 Å². The molecule has 0 aliphatic carbocycles. The molecule has 0 aromatic heterocycles. The molecular weight excluding hydrogens is 324 g/mol. The normalized spacial score (nSPS) is 10.8. The average molecular weight is 354 g/mol. The van der Waals surface area contributed by atoms with Crippen LogP contribution in [0, 0.1) is 0 Å². The fourth-order valence-electron chi connectivity index (χ4n) is 1.91. The van der Waals surface area contributed by atoms with E-state index in [4.69, 9.17) is 23.7 Å². The molecule has 1 aromatic carbocycles. The number of hydrogen-bond acceptors (Lipinski definition) is 6. The van der Waals surface area contributed by atoms with Crippen molar-refractivity contribution in [1.82, 2.24) is 0 Å². The molecule has 0 aliphatic heterocycles. The summed E-state index contributed by atoms with van der Waals surface area (Å²) >= 11 is 0. The first-order valence-corrected chi connectivity index (χ1v) is 8.83. The van der Waals surface area contributed by atoms with Crippen molar-refractivity contribution in [2.75, 3.05) is 52.9 Å². The van der Waals surface area contributed by atoms with Gasteiger partial charge in [0.05, 0.1) is 52.9 Å². The van der Waals surface area contributed by atoms with Gasteiger partial charge in [-0.3, -0.25) is 4.79 Å². The Labute approximate surface area is 150 Å². The molecule has 0 atom stereocenters. The van der Waals surface area contributed by atoms with Crippen molar-refractivity contribution in [1.29, 1.82) is 0 Å². The molecule has 1 rings (SSSR count). The highest BCUT2D eigenvalue weighted by atomic mass is 16.6. The van der Waals surface area contributed by atoms with E-state index in [1.165, 1.54) is 0 Å². The van der Waals surface area contributed by atoms with E-state index in [9.17, 15) is 4.79 Å². The van der Waals surface area contributed by atoms with E-state index in [0.29, 0.717) is 65.9 Å². The molecular formula is C19H30O6. The van der Waals surface area contributed by atoms with Crippen molar-refractivity contribution in [2.24, 2.45) is 0 Å². The minimum atomic E-state index is -0.174. The fraction of sp³-hybridized carbons (Fsp3) is 0.632. The number of hydrogen-bond donors (Lipinski definition) is 0. The van der Waals surface area contributed by atoms with E-state index >= 15 is 0 Å². The zero-order chi connectivity index (χ0) is 18.0. The zero-order valence-corrected chi connectivity index (χ0v) is 15.1. The summed E-state index contributed by atoms with van der Waals surface area (Å²) in [5.41, 5.74) is 1.16. The second-order valence-corrected chi connectivity index (χ2v) is 5.35. The Kier molecular flexibility index (Phi) is 13.8. The summed E-state index contributed by atoms with van der Waals surface area (Å²) in [7, 11) is 0. The average Bonchev–Trinajstić information content (AvgIpc) is 2.63. The zero-order valence-electron chi connectivity index (χ0n) is 15.1. The largest absolute Gasteiger partial charge is 0.463 e. The second kappa shape index (κ2) is 16.0. The molecule has 0 heterocycles. The summed E-state index contributed by atoms with van der Waals surface area (Å²) in [6, 6.07) is 10.0. The van der Waals surface area contributed by atoms with Crippen molar-refractivity contribution in [2.45, 2.75) is 26.4 Å². The SMILES string of the molecule is CCCC(=O)OCCOCCOCCOCCOCc1ccccc1. The van der Waals surface area contributed by atoms with Crippen LogP contribution in [-0.2, 0) is 35.1 Å². The summed E-state index contributed by atoms with van der Waals surface area (Å²) in [5, 5.41) is 0. The summed E-state index contributed by atoms with van der Waals surface area (Å²) in [5.74, 6) is -0.174. The highest BCUT2D eigenvalue weighted by Crippen LogP contribution is 1.99. The van der Waals surface area contributed by atoms with Crippen LogP contribution in [0.5, 0.6) is 0 Å². The van der Waals surface area contributed by atoms with Crippen LogP contribution in [-0.4, -0.2) is 58.8 Å². The molecule has 0 radical (unpaired) electrons. The van der Waals surface area contributed by atoms with Crippen molar-refractivity contribution in [3.8, 4) is 0 Å². The van der Waals surface area contributed by atoms with Gasteiger partial charge in [0.15, 0.2) is 0 Å². The summed E-state index contributed by atoms with van der Waals surface area (Å²) in [6.45, 7) is 6.38. The number of esters is 1. The van der Waals surface area contributed by atoms with Crippen LogP contribution in [0.1, 0.15) is 25.3 Å². The van der Waals surface area contributed by atoms with Gasteiger partial charge in [-0.25, -0.2) is 0 Å². The first kappa shape index (κ1) is 21.6. The minimum Gasteiger partial charge on any atom is -0.463 e. The quantitative estimate of drug-likeness (QED) is 0.336. The van der Waals surface area contributed by atoms with Crippen LogP contribution in [0.2, 0.25) is 0 Å². The van der Waals surface area contributed by atoms with Crippen LogP contribution >= 0.6 is 0 Å². The Morgan fingerprint density at radius 3 is 1.84 bits per heavy atom. The predicted molar refractivity (Wildman–Crippen MR) is 94.4 cm³/mol. The van der Waals surface area contributed by atoms with E-state index in [-0.39, 0.29) is 5.97 Å². The molecule has 0 fully saturated rings. The molecule has 142 valence electrons. The lowest BCUT2D eigenvalue weighted by Gasteiger charge is -2.08. The maximum Gasteiger partial charge on any atom is 0.305 e.